The Balaban J connectivity index is 1.71. The van der Waals surface area contributed by atoms with Crippen LogP contribution in [0.1, 0.15) is 28.5 Å². The number of nitrogens with one attached hydrogen (secondary N) is 1. The van der Waals surface area contributed by atoms with Crippen LogP contribution in [0.25, 0.3) is 0 Å². The molecule has 0 bridgehead atoms. The van der Waals surface area contributed by atoms with Crippen LogP contribution in [0.2, 0.25) is 5.02 Å². The maximum atomic E-state index is 13.7. The molecule has 122 valence electrons. The van der Waals surface area contributed by atoms with Gasteiger partial charge in [0.05, 0.1) is 5.02 Å². The van der Waals surface area contributed by atoms with E-state index in [2.05, 4.69) is 19.9 Å². The van der Waals surface area contributed by atoms with Crippen LogP contribution < -0.4 is 5.32 Å². The van der Waals surface area contributed by atoms with Gasteiger partial charge in [-0.25, -0.2) is 4.39 Å². The Hall–Kier alpha value is -1.92. The van der Waals surface area contributed by atoms with E-state index in [1.165, 1.54) is 18.4 Å². The first kappa shape index (κ1) is 16.0. The number of hydrogen-bond donors (Lipinski definition) is 1. The highest BCUT2D eigenvalue weighted by atomic mass is 35.5. The smallest absolute Gasteiger partial charge is 0.273 e. The van der Waals surface area contributed by atoms with Crippen LogP contribution in [-0.4, -0.2) is 36.1 Å². The fourth-order valence-corrected chi connectivity index (χ4v) is 3.22. The molecule has 0 radical (unpaired) electrons. The van der Waals surface area contributed by atoms with Crippen molar-refractivity contribution < 1.29 is 13.7 Å². The molecular formula is C16H17ClFN3O2. The lowest BCUT2D eigenvalue weighted by molar-refractivity contribution is 0.0934. The van der Waals surface area contributed by atoms with Crippen molar-refractivity contribution in [1.82, 2.24) is 15.4 Å². The van der Waals surface area contributed by atoms with Gasteiger partial charge < -0.3 is 9.84 Å². The van der Waals surface area contributed by atoms with E-state index in [-0.39, 0.29) is 28.6 Å². The van der Waals surface area contributed by atoms with Crippen molar-refractivity contribution in [2.75, 3.05) is 20.1 Å². The summed E-state index contributed by atoms with van der Waals surface area (Å²) < 4.78 is 18.4. The SMILES string of the molecule is CN1CCC(CNC(=O)c2ccon2)C1c1ccc(Cl)c(F)c1. The highest BCUT2D eigenvalue weighted by Crippen LogP contribution is 2.36. The average Bonchev–Trinajstić information content (AvgIpc) is 3.18. The van der Waals surface area contributed by atoms with Crippen LogP contribution >= 0.6 is 11.6 Å². The van der Waals surface area contributed by atoms with Crippen molar-refractivity contribution in [3.8, 4) is 0 Å². The summed E-state index contributed by atoms with van der Waals surface area (Å²) in [5.41, 5.74) is 1.12. The molecule has 1 fully saturated rings. The van der Waals surface area contributed by atoms with Gasteiger partial charge >= 0.3 is 0 Å². The zero-order valence-electron chi connectivity index (χ0n) is 12.6. The molecule has 1 aromatic carbocycles. The number of benzene rings is 1. The Morgan fingerprint density at radius 1 is 1.52 bits per heavy atom. The van der Waals surface area contributed by atoms with Gasteiger partial charge in [0.1, 0.15) is 12.1 Å². The molecule has 2 atom stereocenters. The molecule has 0 aliphatic carbocycles. The second-order valence-corrected chi connectivity index (χ2v) is 6.15. The topological polar surface area (TPSA) is 58.4 Å². The van der Waals surface area contributed by atoms with E-state index in [1.54, 1.807) is 6.07 Å². The molecule has 1 amide bonds. The Morgan fingerprint density at radius 2 is 2.35 bits per heavy atom. The molecule has 1 N–H and O–H groups in total. The predicted molar refractivity (Wildman–Crippen MR) is 83.7 cm³/mol. The quantitative estimate of drug-likeness (QED) is 0.932. The minimum Gasteiger partial charge on any atom is -0.364 e. The van der Waals surface area contributed by atoms with E-state index < -0.39 is 5.82 Å². The molecule has 1 aromatic heterocycles. The minimum absolute atomic E-state index is 0.0411. The van der Waals surface area contributed by atoms with Crippen LogP contribution in [-0.2, 0) is 0 Å². The van der Waals surface area contributed by atoms with Gasteiger partial charge in [-0.3, -0.25) is 9.69 Å². The van der Waals surface area contributed by atoms with Crippen LogP contribution in [0.5, 0.6) is 0 Å². The van der Waals surface area contributed by atoms with Crippen molar-refractivity contribution >= 4 is 17.5 Å². The number of likely N-dealkylation sites (tertiary alicyclic amines) is 1. The van der Waals surface area contributed by atoms with Gasteiger partial charge in [0, 0.05) is 18.7 Å². The first-order valence-electron chi connectivity index (χ1n) is 7.40. The molecule has 1 aliphatic heterocycles. The zero-order chi connectivity index (χ0) is 16.4. The third kappa shape index (κ3) is 3.38. The van der Waals surface area contributed by atoms with E-state index in [4.69, 9.17) is 11.6 Å². The molecule has 1 aliphatic rings. The number of nitrogens with zero attached hydrogens (tertiary/aromatic N) is 2. The summed E-state index contributed by atoms with van der Waals surface area (Å²) >= 11 is 5.76. The summed E-state index contributed by atoms with van der Waals surface area (Å²) in [6, 6.07) is 6.44. The van der Waals surface area contributed by atoms with Gasteiger partial charge in [0.15, 0.2) is 5.69 Å². The highest BCUT2D eigenvalue weighted by molar-refractivity contribution is 6.30. The van der Waals surface area contributed by atoms with Gasteiger partial charge in [-0.2, -0.15) is 0 Å². The third-order valence-electron chi connectivity index (χ3n) is 4.25. The van der Waals surface area contributed by atoms with Crippen LogP contribution in [0.15, 0.2) is 35.1 Å². The normalized spacial score (nSPS) is 21.5. The van der Waals surface area contributed by atoms with Gasteiger partial charge in [0.2, 0.25) is 0 Å². The fraction of sp³-hybridized carbons (Fsp3) is 0.375. The monoisotopic (exact) mass is 337 g/mol. The molecule has 2 aromatic rings. The molecule has 2 heterocycles. The second kappa shape index (κ2) is 6.68. The van der Waals surface area contributed by atoms with Gasteiger partial charge in [-0.1, -0.05) is 22.8 Å². The average molecular weight is 338 g/mol. The molecule has 5 nitrogen and oxygen atoms in total. The zero-order valence-corrected chi connectivity index (χ0v) is 13.4. The number of rotatable bonds is 4. The predicted octanol–water partition coefficient (Wildman–Crippen LogP) is 2.89. The van der Waals surface area contributed by atoms with Gasteiger partial charge in [-0.05, 0) is 43.6 Å². The summed E-state index contributed by atoms with van der Waals surface area (Å²) in [7, 11) is 2.00. The minimum atomic E-state index is -0.421. The van der Waals surface area contributed by atoms with Crippen LogP contribution in [0.4, 0.5) is 4.39 Å². The van der Waals surface area contributed by atoms with E-state index in [1.807, 2.05) is 13.1 Å². The molecule has 1 saturated heterocycles. The summed E-state index contributed by atoms with van der Waals surface area (Å²) in [6.45, 7) is 1.38. The first-order valence-corrected chi connectivity index (χ1v) is 7.78. The number of hydrogen-bond acceptors (Lipinski definition) is 4. The van der Waals surface area contributed by atoms with Crippen LogP contribution in [0, 0.1) is 11.7 Å². The fourth-order valence-electron chi connectivity index (χ4n) is 3.11. The number of carbonyl (C=O) groups excluding carboxylic acids is 1. The Morgan fingerprint density at radius 3 is 3.04 bits per heavy atom. The van der Waals surface area contributed by atoms with Crippen molar-refractivity contribution in [3.05, 3.63) is 52.6 Å². The number of aromatic nitrogens is 1. The molecule has 0 saturated carbocycles. The second-order valence-electron chi connectivity index (χ2n) is 5.74. The lowest BCUT2D eigenvalue weighted by atomic mass is 9.93. The van der Waals surface area contributed by atoms with Crippen molar-refractivity contribution in [1.29, 1.82) is 0 Å². The molecule has 23 heavy (non-hydrogen) atoms. The number of halogens is 2. The van der Waals surface area contributed by atoms with Crippen molar-refractivity contribution in [3.63, 3.8) is 0 Å². The standard InChI is InChI=1S/C16H17ClFN3O2/c1-21-6-4-11(9-19-16(22)14-5-7-23-20-14)15(21)10-2-3-12(17)13(18)8-10/h2-3,5,7-8,11,15H,4,6,9H2,1H3,(H,19,22). The van der Waals surface area contributed by atoms with Crippen molar-refractivity contribution in [2.45, 2.75) is 12.5 Å². The number of amides is 1. The molecule has 3 rings (SSSR count). The molecular weight excluding hydrogens is 321 g/mol. The maximum Gasteiger partial charge on any atom is 0.273 e. The van der Waals surface area contributed by atoms with Crippen molar-refractivity contribution in [2.24, 2.45) is 5.92 Å². The van der Waals surface area contributed by atoms with Crippen LogP contribution in [0.3, 0.4) is 0 Å². The van der Waals surface area contributed by atoms with Gasteiger partial charge in [-0.15, -0.1) is 0 Å². The molecule has 7 heteroatoms. The Labute approximate surface area is 138 Å². The summed E-state index contributed by atoms with van der Waals surface area (Å²) in [6.07, 6.45) is 2.28. The van der Waals surface area contributed by atoms with Gasteiger partial charge in [0.25, 0.3) is 5.91 Å². The lowest BCUT2D eigenvalue weighted by Crippen LogP contribution is -2.32. The van der Waals surface area contributed by atoms with E-state index in [9.17, 15) is 9.18 Å². The van der Waals surface area contributed by atoms with E-state index in [0.29, 0.717) is 6.54 Å². The molecule has 2 unspecified atom stereocenters. The summed E-state index contributed by atoms with van der Waals surface area (Å²) in [4.78, 5) is 14.1. The number of carbonyl (C=O) groups is 1. The largest absolute Gasteiger partial charge is 0.364 e. The maximum absolute atomic E-state index is 13.7. The summed E-state index contributed by atoms with van der Waals surface area (Å²) in [5.74, 6) is -0.499. The highest BCUT2D eigenvalue weighted by Gasteiger charge is 2.33. The van der Waals surface area contributed by atoms with E-state index >= 15 is 0 Å². The third-order valence-corrected chi connectivity index (χ3v) is 4.56. The molecule has 0 spiro atoms. The first-order chi connectivity index (χ1) is 11.1. The lowest BCUT2D eigenvalue weighted by Gasteiger charge is -2.26. The Bertz CT molecular complexity index is 693. The van der Waals surface area contributed by atoms with E-state index in [0.717, 1.165) is 18.5 Å². The Kier molecular flexibility index (Phi) is 4.63. The summed E-state index contributed by atoms with van der Waals surface area (Å²) in [5, 5.41) is 6.59.